The van der Waals surface area contributed by atoms with Gasteiger partial charge in [-0.2, -0.15) is 0 Å². The third kappa shape index (κ3) is 3.05. The zero-order chi connectivity index (χ0) is 13.0. The number of aliphatic carboxylic acids is 1. The highest BCUT2D eigenvalue weighted by Gasteiger charge is 2.40. The van der Waals surface area contributed by atoms with Crippen LogP contribution < -0.4 is 0 Å². The lowest BCUT2D eigenvalue weighted by Gasteiger charge is -2.39. The smallest absolute Gasteiger partial charge is 0.309 e. The maximum atomic E-state index is 11.5. The molecule has 1 saturated carbocycles. The molecular weight excluding hydrogens is 226 g/mol. The van der Waals surface area contributed by atoms with Gasteiger partial charge >= 0.3 is 5.97 Å². The van der Waals surface area contributed by atoms with E-state index in [1.165, 1.54) is 32.2 Å². The molecule has 1 N–H and O–H groups in total. The first-order valence-corrected chi connectivity index (χ1v) is 7.62. The van der Waals surface area contributed by atoms with Crippen LogP contribution in [0.2, 0.25) is 0 Å². The molecule has 2 fully saturated rings. The molecule has 1 heterocycles. The van der Waals surface area contributed by atoms with Gasteiger partial charge in [0.25, 0.3) is 0 Å². The number of rotatable bonds is 5. The van der Waals surface area contributed by atoms with Crippen molar-refractivity contribution < 1.29 is 9.90 Å². The minimum absolute atomic E-state index is 0.416. The van der Waals surface area contributed by atoms with Crippen LogP contribution in [0.3, 0.4) is 0 Å². The lowest BCUT2D eigenvalue weighted by Crippen LogP contribution is -2.45. The molecule has 18 heavy (non-hydrogen) atoms. The number of nitrogens with zero attached hydrogens (tertiary/aromatic N) is 1. The Labute approximate surface area is 111 Å². The van der Waals surface area contributed by atoms with E-state index in [0.717, 1.165) is 44.7 Å². The number of carbonyl (C=O) groups is 1. The lowest BCUT2D eigenvalue weighted by atomic mass is 9.75. The molecule has 1 aliphatic carbocycles. The van der Waals surface area contributed by atoms with E-state index in [1.807, 2.05) is 0 Å². The highest BCUT2D eigenvalue weighted by atomic mass is 16.4. The van der Waals surface area contributed by atoms with E-state index in [-0.39, 0.29) is 0 Å². The molecule has 0 aromatic rings. The van der Waals surface area contributed by atoms with Gasteiger partial charge in [-0.25, -0.2) is 0 Å². The monoisotopic (exact) mass is 253 g/mol. The van der Waals surface area contributed by atoms with Crippen molar-refractivity contribution in [1.29, 1.82) is 0 Å². The molecule has 0 aromatic heterocycles. The number of hydrogen-bond donors (Lipinski definition) is 1. The number of hydrogen-bond acceptors (Lipinski definition) is 2. The first-order valence-electron chi connectivity index (χ1n) is 7.62. The zero-order valence-corrected chi connectivity index (χ0v) is 11.7. The van der Waals surface area contributed by atoms with Gasteiger partial charge in [-0.3, -0.25) is 4.79 Å². The molecule has 0 bridgehead atoms. The molecule has 0 unspecified atom stereocenters. The van der Waals surface area contributed by atoms with Crippen LogP contribution in [-0.4, -0.2) is 35.6 Å². The van der Waals surface area contributed by atoms with E-state index >= 15 is 0 Å². The number of carboxylic acids is 1. The highest BCUT2D eigenvalue weighted by molar-refractivity contribution is 5.74. The first-order chi connectivity index (χ1) is 8.66. The second-order valence-electron chi connectivity index (χ2n) is 6.29. The molecule has 1 saturated heterocycles. The van der Waals surface area contributed by atoms with Gasteiger partial charge in [0.15, 0.2) is 0 Å². The van der Waals surface area contributed by atoms with Gasteiger partial charge in [-0.1, -0.05) is 26.2 Å². The van der Waals surface area contributed by atoms with Crippen molar-refractivity contribution in [2.45, 2.75) is 58.3 Å². The van der Waals surface area contributed by atoms with Crippen molar-refractivity contribution in [3.05, 3.63) is 0 Å². The van der Waals surface area contributed by atoms with Crippen LogP contribution >= 0.6 is 0 Å². The van der Waals surface area contributed by atoms with Crippen LogP contribution in [0.5, 0.6) is 0 Å². The van der Waals surface area contributed by atoms with Crippen LogP contribution in [0.15, 0.2) is 0 Å². The topological polar surface area (TPSA) is 40.5 Å². The largest absolute Gasteiger partial charge is 0.481 e. The minimum Gasteiger partial charge on any atom is -0.481 e. The van der Waals surface area contributed by atoms with Gasteiger partial charge in [0.1, 0.15) is 0 Å². The molecule has 0 atom stereocenters. The number of likely N-dealkylation sites (tertiary alicyclic amines) is 1. The molecule has 3 heteroatoms. The van der Waals surface area contributed by atoms with Crippen molar-refractivity contribution in [1.82, 2.24) is 4.90 Å². The maximum Gasteiger partial charge on any atom is 0.309 e. The van der Waals surface area contributed by atoms with Crippen LogP contribution in [0.1, 0.15) is 58.3 Å². The summed E-state index contributed by atoms with van der Waals surface area (Å²) in [6.07, 6.45) is 9.09. The van der Waals surface area contributed by atoms with E-state index in [9.17, 15) is 9.90 Å². The SMILES string of the molecule is CCCC1(C(=O)O)CCN(CC2CCCC2)CC1. The molecule has 1 aliphatic heterocycles. The Morgan fingerprint density at radius 3 is 2.39 bits per heavy atom. The number of piperidine rings is 1. The fourth-order valence-corrected chi connectivity index (χ4v) is 3.77. The van der Waals surface area contributed by atoms with Gasteiger partial charge in [0.2, 0.25) is 0 Å². The minimum atomic E-state index is -0.565. The molecule has 0 spiro atoms. The Kier molecular flexibility index (Phi) is 4.66. The van der Waals surface area contributed by atoms with Gasteiger partial charge in [0.05, 0.1) is 5.41 Å². The quantitative estimate of drug-likeness (QED) is 0.818. The van der Waals surface area contributed by atoms with Crippen LogP contribution in [0, 0.1) is 11.3 Å². The molecular formula is C15H27NO2. The fraction of sp³-hybridized carbons (Fsp3) is 0.933. The van der Waals surface area contributed by atoms with Crippen molar-refractivity contribution in [2.75, 3.05) is 19.6 Å². The van der Waals surface area contributed by atoms with Gasteiger partial charge < -0.3 is 10.0 Å². The second-order valence-corrected chi connectivity index (χ2v) is 6.29. The maximum absolute atomic E-state index is 11.5. The summed E-state index contributed by atoms with van der Waals surface area (Å²) in [6, 6.07) is 0. The summed E-state index contributed by atoms with van der Waals surface area (Å²) in [5.41, 5.74) is -0.416. The number of carboxylic acid groups (broad SMARTS) is 1. The van der Waals surface area contributed by atoms with Crippen molar-refractivity contribution in [3.8, 4) is 0 Å². The average Bonchev–Trinajstić information content (AvgIpc) is 2.85. The summed E-state index contributed by atoms with van der Waals surface area (Å²) in [7, 11) is 0. The van der Waals surface area contributed by atoms with Crippen molar-refractivity contribution in [3.63, 3.8) is 0 Å². The summed E-state index contributed by atoms with van der Waals surface area (Å²) in [5, 5.41) is 9.47. The van der Waals surface area contributed by atoms with E-state index in [2.05, 4.69) is 11.8 Å². The second kappa shape index (κ2) is 6.05. The molecule has 104 valence electrons. The lowest BCUT2D eigenvalue weighted by molar-refractivity contribution is -0.152. The Morgan fingerprint density at radius 2 is 1.89 bits per heavy atom. The van der Waals surface area contributed by atoms with Crippen molar-refractivity contribution in [2.24, 2.45) is 11.3 Å². The highest BCUT2D eigenvalue weighted by Crippen LogP contribution is 2.37. The molecule has 3 nitrogen and oxygen atoms in total. The fourth-order valence-electron chi connectivity index (χ4n) is 3.77. The van der Waals surface area contributed by atoms with E-state index in [0.29, 0.717) is 0 Å². The Hall–Kier alpha value is -0.570. The van der Waals surface area contributed by atoms with Crippen molar-refractivity contribution >= 4 is 5.97 Å². The average molecular weight is 253 g/mol. The van der Waals surface area contributed by atoms with E-state index in [1.54, 1.807) is 0 Å². The first kappa shape index (κ1) is 13.9. The third-order valence-corrected chi connectivity index (χ3v) is 4.99. The van der Waals surface area contributed by atoms with Gasteiger partial charge in [-0.15, -0.1) is 0 Å². The summed E-state index contributed by atoms with van der Waals surface area (Å²) < 4.78 is 0. The van der Waals surface area contributed by atoms with Gasteiger partial charge in [0, 0.05) is 6.54 Å². The summed E-state index contributed by atoms with van der Waals surface area (Å²) >= 11 is 0. The Morgan fingerprint density at radius 1 is 1.28 bits per heavy atom. The molecule has 0 amide bonds. The Bertz CT molecular complexity index is 276. The molecule has 2 rings (SSSR count). The zero-order valence-electron chi connectivity index (χ0n) is 11.7. The predicted molar refractivity (Wildman–Crippen MR) is 72.6 cm³/mol. The summed E-state index contributed by atoms with van der Waals surface area (Å²) in [4.78, 5) is 14.0. The standard InChI is InChI=1S/C15H27NO2/c1-2-7-15(14(17)18)8-10-16(11-9-15)12-13-5-3-4-6-13/h13H,2-12H2,1H3,(H,17,18). The third-order valence-electron chi connectivity index (χ3n) is 4.99. The summed E-state index contributed by atoms with van der Waals surface area (Å²) in [6.45, 7) is 5.28. The Balaban J connectivity index is 1.83. The molecule has 2 aliphatic rings. The van der Waals surface area contributed by atoms with E-state index < -0.39 is 11.4 Å². The molecule has 0 aromatic carbocycles. The molecule has 0 radical (unpaired) electrons. The van der Waals surface area contributed by atoms with Crippen LogP contribution in [0.25, 0.3) is 0 Å². The van der Waals surface area contributed by atoms with Crippen LogP contribution in [-0.2, 0) is 4.79 Å². The van der Waals surface area contributed by atoms with Gasteiger partial charge in [-0.05, 0) is 51.1 Å². The van der Waals surface area contributed by atoms with Crippen LogP contribution in [0.4, 0.5) is 0 Å². The predicted octanol–water partition coefficient (Wildman–Crippen LogP) is 3.14. The van der Waals surface area contributed by atoms with E-state index in [4.69, 9.17) is 0 Å². The summed E-state index contributed by atoms with van der Waals surface area (Å²) in [5.74, 6) is 0.318. The normalized spacial score (nSPS) is 25.4.